The fraction of sp³-hybridized carbons (Fsp3) is 0.417. The Hall–Kier alpha value is -1.73. The van der Waals surface area contributed by atoms with Gasteiger partial charge < -0.3 is 16.0 Å². The highest BCUT2D eigenvalue weighted by atomic mass is 15.1. The summed E-state index contributed by atoms with van der Waals surface area (Å²) in [5.74, 6) is 0. The van der Waals surface area contributed by atoms with Crippen molar-refractivity contribution in [2.24, 2.45) is 0 Å². The van der Waals surface area contributed by atoms with Crippen molar-refractivity contribution in [2.45, 2.75) is 13.0 Å². The van der Waals surface area contributed by atoms with Crippen LogP contribution in [0.5, 0.6) is 0 Å². The molecule has 0 saturated heterocycles. The number of nitrogens with two attached hydrogens (primary N) is 1. The predicted octanol–water partition coefficient (Wildman–Crippen LogP) is 1.50. The fourth-order valence-electron chi connectivity index (χ4n) is 1.62. The molecule has 0 aliphatic rings. The summed E-state index contributed by atoms with van der Waals surface area (Å²) in [4.78, 5) is 2.11. The number of nitrogen functional groups attached to an aromatic ring is 1. The van der Waals surface area contributed by atoms with E-state index < -0.39 is 0 Å². The molecule has 1 rings (SSSR count). The van der Waals surface area contributed by atoms with Crippen molar-refractivity contribution in [1.29, 1.82) is 5.26 Å². The predicted molar refractivity (Wildman–Crippen MR) is 67.2 cm³/mol. The standard InChI is InChI=1S/C12H18N4/c1-9(8-16(2)3)15-11-4-5-12(14)10(6-11)7-13/h4-6,9,15H,8,14H2,1-3H3. The monoisotopic (exact) mass is 218 g/mol. The maximum Gasteiger partial charge on any atom is 0.101 e. The van der Waals surface area contributed by atoms with E-state index >= 15 is 0 Å². The van der Waals surface area contributed by atoms with Gasteiger partial charge in [0.25, 0.3) is 0 Å². The first-order valence-electron chi connectivity index (χ1n) is 5.24. The van der Waals surface area contributed by atoms with Crippen LogP contribution in [0.2, 0.25) is 0 Å². The number of hydrogen-bond donors (Lipinski definition) is 2. The largest absolute Gasteiger partial charge is 0.398 e. The number of nitriles is 1. The molecule has 4 heteroatoms. The molecule has 16 heavy (non-hydrogen) atoms. The summed E-state index contributed by atoms with van der Waals surface area (Å²) >= 11 is 0. The first-order chi connectivity index (χ1) is 7.52. The summed E-state index contributed by atoms with van der Waals surface area (Å²) < 4.78 is 0. The summed E-state index contributed by atoms with van der Waals surface area (Å²) in [6.45, 7) is 3.04. The molecule has 0 fully saturated rings. The Balaban J connectivity index is 2.71. The number of benzene rings is 1. The Morgan fingerprint density at radius 2 is 2.19 bits per heavy atom. The first kappa shape index (κ1) is 12.3. The van der Waals surface area contributed by atoms with Crippen LogP contribution in [0.3, 0.4) is 0 Å². The fourth-order valence-corrected chi connectivity index (χ4v) is 1.62. The van der Waals surface area contributed by atoms with Gasteiger partial charge in [0.05, 0.1) is 5.56 Å². The van der Waals surface area contributed by atoms with E-state index in [4.69, 9.17) is 11.0 Å². The molecule has 0 aromatic heterocycles. The van der Waals surface area contributed by atoms with Gasteiger partial charge in [0, 0.05) is 24.0 Å². The smallest absolute Gasteiger partial charge is 0.101 e. The summed E-state index contributed by atoms with van der Waals surface area (Å²) in [5, 5.41) is 12.2. The molecule has 0 amide bonds. The highest BCUT2D eigenvalue weighted by Crippen LogP contribution is 2.17. The molecule has 1 aromatic carbocycles. The molecule has 1 atom stereocenters. The average Bonchev–Trinajstić information content (AvgIpc) is 2.19. The van der Waals surface area contributed by atoms with Crippen LogP contribution in [0.1, 0.15) is 12.5 Å². The zero-order valence-corrected chi connectivity index (χ0v) is 9.99. The van der Waals surface area contributed by atoms with E-state index in [1.54, 1.807) is 12.1 Å². The van der Waals surface area contributed by atoms with E-state index in [9.17, 15) is 0 Å². The molecule has 0 aliphatic carbocycles. The topological polar surface area (TPSA) is 65.1 Å². The third-order valence-electron chi connectivity index (χ3n) is 2.23. The lowest BCUT2D eigenvalue weighted by atomic mass is 10.1. The van der Waals surface area contributed by atoms with Crippen molar-refractivity contribution >= 4 is 11.4 Å². The summed E-state index contributed by atoms with van der Waals surface area (Å²) in [7, 11) is 4.06. The van der Waals surface area contributed by atoms with Gasteiger partial charge in [-0.2, -0.15) is 5.26 Å². The van der Waals surface area contributed by atoms with Gasteiger partial charge >= 0.3 is 0 Å². The second kappa shape index (κ2) is 5.38. The van der Waals surface area contributed by atoms with Gasteiger partial charge in [-0.15, -0.1) is 0 Å². The molecule has 3 N–H and O–H groups in total. The minimum Gasteiger partial charge on any atom is -0.398 e. The molecule has 1 unspecified atom stereocenters. The molecule has 86 valence electrons. The lowest BCUT2D eigenvalue weighted by Gasteiger charge is -2.19. The molecule has 4 nitrogen and oxygen atoms in total. The normalized spacial score (nSPS) is 12.2. The van der Waals surface area contributed by atoms with Crippen molar-refractivity contribution in [3.63, 3.8) is 0 Å². The van der Waals surface area contributed by atoms with E-state index in [1.165, 1.54) is 0 Å². The van der Waals surface area contributed by atoms with Crippen LogP contribution in [0.15, 0.2) is 18.2 Å². The van der Waals surface area contributed by atoms with Gasteiger partial charge in [-0.05, 0) is 39.2 Å². The van der Waals surface area contributed by atoms with Crippen LogP contribution < -0.4 is 11.1 Å². The highest BCUT2D eigenvalue weighted by molar-refractivity contribution is 5.62. The van der Waals surface area contributed by atoms with Gasteiger partial charge in [0.2, 0.25) is 0 Å². The number of nitrogens with one attached hydrogen (secondary N) is 1. The second-order valence-electron chi connectivity index (χ2n) is 4.22. The van der Waals surface area contributed by atoms with Crippen LogP contribution >= 0.6 is 0 Å². The van der Waals surface area contributed by atoms with Gasteiger partial charge in [0.1, 0.15) is 6.07 Å². The zero-order valence-electron chi connectivity index (χ0n) is 9.99. The molecular formula is C12H18N4. The van der Waals surface area contributed by atoms with E-state index in [1.807, 2.05) is 20.2 Å². The average molecular weight is 218 g/mol. The lowest BCUT2D eigenvalue weighted by molar-refractivity contribution is 0.392. The zero-order chi connectivity index (χ0) is 12.1. The summed E-state index contributed by atoms with van der Waals surface area (Å²) in [6, 6.07) is 7.82. The van der Waals surface area contributed by atoms with Crippen LogP contribution in [0.4, 0.5) is 11.4 Å². The molecule has 0 bridgehead atoms. The Labute approximate surface area is 96.7 Å². The quantitative estimate of drug-likeness (QED) is 0.752. The molecule has 0 saturated carbocycles. The second-order valence-corrected chi connectivity index (χ2v) is 4.22. The number of nitrogens with zero attached hydrogens (tertiary/aromatic N) is 2. The van der Waals surface area contributed by atoms with Crippen molar-refractivity contribution in [1.82, 2.24) is 4.90 Å². The molecule has 0 aliphatic heterocycles. The van der Waals surface area contributed by atoms with Crippen LogP contribution in [0, 0.1) is 11.3 Å². The number of anilines is 2. The Morgan fingerprint density at radius 1 is 1.50 bits per heavy atom. The molecule has 0 radical (unpaired) electrons. The molecule has 0 heterocycles. The van der Waals surface area contributed by atoms with Crippen molar-refractivity contribution in [3.05, 3.63) is 23.8 Å². The van der Waals surface area contributed by atoms with E-state index in [0.717, 1.165) is 12.2 Å². The van der Waals surface area contributed by atoms with Crippen LogP contribution in [-0.2, 0) is 0 Å². The third kappa shape index (κ3) is 3.44. The minimum absolute atomic E-state index is 0.324. The highest BCUT2D eigenvalue weighted by Gasteiger charge is 2.05. The Bertz CT molecular complexity index is 392. The molecule has 1 aromatic rings. The number of rotatable bonds is 4. The maximum atomic E-state index is 8.86. The lowest BCUT2D eigenvalue weighted by Crippen LogP contribution is -2.29. The third-order valence-corrected chi connectivity index (χ3v) is 2.23. The van der Waals surface area contributed by atoms with Gasteiger partial charge in [-0.1, -0.05) is 0 Å². The summed E-state index contributed by atoms with van der Waals surface area (Å²) in [6.07, 6.45) is 0. The molecule has 0 spiro atoms. The number of likely N-dealkylation sites (N-methyl/N-ethyl adjacent to an activating group) is 1. The van der Waals surface area contributed by atoms with E-state index in [2.05, 4.69) is 23.2 Å². The van der Waals surface area contributed by atoms with Crippen molar-refractivity contribution in [2.75, 3.05) is 31.7 Å². The van der Waals surface area contributed by atoms with Crippen LogP contribution in [-0.4, -0.2) is 31.6 Å². The first-order valence-corrected chi connectivity index (χ1v) is 5.24. The molecular weight excluding hydrogens is 200 g/mol. The number of hydrogen-bond acceptors (Lipinski definition) is 4. The summed E-state index contributed by atoms with van der Waals surface area (Å²) in [5.41, 5.74) is 7.62. The van der Waals surface area contributed by atoms with Crippen LogP contribution in [0.25, 0.3) is 0 Å². The Morgan fingerprint density at radius 3 is 2.75 bits per heavy atom. The SMILES string of the molecule is CC(CN(C)C)Nc1ccc(N)c(C#N)c1. The van der Waals surface area contributed by atoms with Crippen molar-refractivity contribution < 1.29 is 0 Å². The van der Waals surface area contributed by atoms with Gasteiger partial charge in [0.15, 0.2) is 0 Å². The van der Waals surface area contributed by atoms with Gasteiger partial charge in [-0.3, -0.25) is 0 Å². The van der Waals surface area contributed by atoms with E-state index in [0.29, 0.717) is 17.3 Å². The van der Waals surface area contributed by atoms with Gasteiger partial charge in [-0.25, -0.2) is 0 Å². The Kier molecular flexibility index (Phi) is 4.15. The minimum atomic E-state index is 0.324. The van der Waals surface area contributed by atoms with Crippen molar-refractivity contribution in [3.8, 4) is 6.07 Å². The van der Waals surface area contributed by atoms with E-state index in [-0.39, 0.29) is 0 Å². The maximum absolute atomic E-state index is 8.86.